The van der Waals surface area contributed by atoms with Crippen LogP contribution in [0.25, 0.3) is 17.1 Å². The number of carboxylic acids is 1. The molecule has 1 aliphatic rings. The Morgan fingerprint density at radius 2 is 1.78 bits per heavy atom. The first kappa shape index (κ1) is 10.6. The minimum atomic E-state index is -1.25. The number of hydrogen-bond acceptors (Lipinski definition) is 4. The van der Waals surface area contributed by atoms with Crippen LogP contribution in [0.2, 0.25) is 0 Å². The van der Waals surface area contributed by atoms with Gasteiger partial charge in [-0.2, -0.15) is 0 Å². The van der Waals surface area contributed by atoms with Gasteiger partial charge in [0.15, 0.2) is 11.7 Å². The van der Waals surface area contributed by atoms with E-state index < -0.39 is 17.7 Å². The Bertz CT molecular complexity index is 706. The lowest BCUT2D eigenvalue weighted by Gasteiger charge is -2.15. The maximum Gasteiger partial charge on any atom is 0.320 e. The molecule has 0 radical (unpaired) electrons. The first-order valence-corrected chi connectivity index (χ1v) is 5.38. The van der Waals surface area contributed by atoms with Gasteiger partial charge >= 0.3 is 5.97 Å². The predicted molar refractivity (Wildman–Crippen MR) is 64.0 cm³/mol. The number of allylic oxidation sites excluding steroid dienone is 1. The lowest BCUT2D eigenvalue weighted by molar-refractivity contribution is -0.141. The van der Waals surface area contributed by atoms with Crippen molar-refractivity contribution in [3.05, 3.63) is 41.7 Å². The monoisotopic (exact) mass is 240 g/mol. The Kier molecular flexibility index (Phi) is 2.19. The summed E-state index contributed by atoms with van der Waals surface area (Å²) >= 11 is 0. The lowest BCUT2D eigenvalue weighted by atomic mass is 9.93. The second-order valence-corrected chi connectivity index (χ2v) is 3.99. The second-order valence-electron chi connectivity index (χ2n) is 3.99. The molecule has 1 aromatic heterocycles. The quantitative estimate of drug-likeness (QED) is 0.762. The lowest BCUT2D eigenvalue weighted by Crippen LogP contribution is -2.25. The number of benzene rings is 1. The molecule has 0 saturated heterocycles. The molecule has 0 fully saturated rings. The van der Waals surface area contributed by atoms with Crippen molar-refractivity contribution in [3.63, 3.8) is 0 Å². The summed E-state index contributed by atoms with van der Waals surface area (Å²) in [6.07, 6.45) is 2.75. The van der Waals surface area contributed by atoms with Crippen LogP contribution in [0.5, 0.6) is 0 Å². The Labute approximate surface area is 102 Å². The molecule has 3 rings (SSSR count). The highest BCUT2D eigenvalue weighted by molar-refractivity contribution is 6.12. The maximum atomic E-state index is 11.6. The summed E-state index contributed by atoms with van der Waals surface area (Å²) in [7, 11) is 0. The van der Waals surface area contributed by atoms with Gasteiger partial charge in [0.25, 0.3) is 0 Å². The summed E-state index contributed by atoms with van der Waals surface area (Å²) in [4.78, 5) is 31.3. The van der Waals surface area contributed by atoms with E-state index in [0.29, 0.717) is 16.7 Å². The minimum Gasteiger partial charge on any atom is -0.480 e. The smallest absolute Gasteiger partial charge is 0.320 e. The molecule has 5 heteroatoms. The fraction of sp³-hybridized carbons (Fsp3) is 0.0769. The van der Waals surface area contributed by atoms with E-state index in [4.69, 9.17) is 5.11 Å². The van der Waals surface area contributed by atoms with Crippen molar-refractivity contribution in [2.24, 2.45) is 0 Å². The number of carbonyl (C=O) groups is 2. The van der Waals surface area contributed by atoms with Crippen molar-refractivity contribution in [1.29, 1.82) is 0 Å². The summed E-state index contributed by atoms with van der Waals surface area (Å²) in [6, 6.07) is 7.16. The Hall–Kier alpha value is -2.56. The number of carboxylic acid groups (broad SMARTS) is 1. The topological polar surface area (TPSA) is 80.1 Å². The number of carbonyl (C=O) groups excluding carboxylic acids is 1. The van der Waals surface area contributed by atoms with Crippen LogP contribution in [0.4, 0.5) is 0 Å². The number of fused-ring (bicyclic) bond motifs is 2. The molecule has 18 heavy (non-hydrogen) atoms. The van der Waals surface area contributed by atoms with Crippen LogP contribution in [0, 0.1) is 0 Å². The van der Waals surface area contributed by atoms with E-state index in [0.717, 1.165) is 0 Å². The highest BCUT2D eigenvalue weighted by atomic mass is 16.4. The third kappa shape index (κ3) is 1.48. The summed E-state index contributed by atoms with van der Waals surface area (Å²) in [6.45, 7) is 0. The first-order valence-electron chi connectivity index (χ1n) is 5.38. The fourth-order valence-corrected chi connectivity index (χ4v) is 1.99. The Morgan fingerprint density at radius 3 is 2.44 bits per heavy atom. The summed E-state index contributed by atoms with van der Waals surface area (Å²) in [5.74, 6) is -2.92. The molecule has 0 saturated carbocycles. The molecule has 2 aromatic rings. The Morgan fingerprint density at radius 1 is 1.11 bits per heavy atom. The molecule has 1 N–H and O–H groups in total. The molecule has 1 aromatic carbocycles. The van der Waals surface area contributed by atoms with E-state index in [1.165, 1.54) is 12.2 Å². The molecular weight excluding hydrogens is 232 g/mol. The van der Waals surface area contributed by atoms with E-state index >= 15 is 0 Å². The fourth-order valence-electron chi connectivity index (χ4n) is 1.99. The van der Waals surface area contributed by atoms with Gasteiger partial charge in [-0.15, -0.1) is 0 Å². The van der Waals surface area contributed by atoms with Crippen LogP contribution < -0.4 is 0 Å². The van der Waals surface area contributed by atoms with Crippen molar-refractivity contribution in [2.75, 3.05) is 0 Å². The van der Waals surface area contributed by atoms with Crippen LogP contribution >= 0.6 is 0 Å². The SMILES string of the molecule is O=C(O)C1C(=O)C=Cc2nc3ccccc3nc21. The van der Waals surface area contributed by atoms with Gasteiger partial charge in [0.05, 0.1) is 22.4 Å². The standard InChI is InChI=1S/C13H8N2O3/c16-10-6-5-9-12(11(10)13(17)18)15-8-4-2-1-3-7(8)14-9/h1-6,11H,(H,17,18). The second kappa shape index (κ2) is 3.73. The number of para-hydroxylation sites is 2. The van der Waals surface area contributed by atoms with Crippen LogP contribution in [-0.4, -0.2) is 26.8 Å². The zero-order valence-electron chi connectivity index (χ0n) is 9.20. The van der Waals surface area contributed by atoms with Crippen molar-refractivity contribution in [1.82, 2.24) is 9.97 Å². The van der Waals surface area contributed by atoms with E-state index in [1.807, 2.05) is 6.07 Å². The molecule has 0 spiro atoms. The van der Waals surface area contributed by atoms with Gasteiger partial charge < -0.3 is 5.11 Å². The molecule has 5 nitrogen and oxygen atoms in total. The average molecular weight is 240 g/mol. The van der Waals surface area contributed by atoms with Crippen LogP contribution in [0.1, 0.15) is 17.3 Å². The van der Waals surface area contributed by atoms with Crippen molar-refractivity contribution >= 4 is 28.9 Å². The molecule has 0 aliphatic heterocycles. The maximum absolute atomic E-state index is 11.6. The summed E-state index contributed by atoms with van der Waals surface area (Å²) in [5, 5.41) is 9.11. The van der Waals surface area contributed by atoms with E-state index in [-0.39, 0.29) is 5.69 Å². The molecule has 1 unspecified atom stereocenters. The average Bonchev–Trinajstić information content (AvgIpc) is 2.36. The highest BCUT2D eigenvalue weighted by Gasteiger charge is 2.33. The van der Waals surface area contributed by atoms with E-state index in [1.54, 1.807) is 18.2 Å². The van der Waals surface area contributed by atoms with E-state index in [2.05, 4.69) is 9.97 Å². The molecule has 1 aliphatic carbocycles. The van der Waals surface area contributed by atoms with Gasteiger partial charge in [-0.05, 0) is 24.3 Å². The van der Waals surface area contributed by atoms with Gasteiger partial charge in [0.2, 0.25) is 0 Å². The zero-order chi connectivity index (χ0) is 12.7. The van der Waals surface area contributed by atoms with Gasteiger partial charge in [0, 0.05) is 0 Å². The van der Waals surface area contributed by atoms with Crippen LogP contribution in [0.15, 0.2) is 30.3 Å². The molecule has 88 valence electrons. The number of rotatable bonds is 1. The van der Waals surface area contributed by atoms with Crippen LogP contribution in [0.3, 0.4) is 0 Å². The number of hydrogen-bond donors (Lipinski definition) is 1. The van der Waals surface area contributed by atoms with Gasteiger partial charge in [-0.1, -0.05) is 12.1 Å². The highest BCUT2D eigenvalue weighted by Crippen LogP contribution is 2.26. The van der Waals surface area contributed by atoms with E-state index in [9.17, 15) is 9.59 Å². The van der Waals surface area contributed by atoms with Crippen molar-refractivity contribution in [2.45, 2.75) is 5.92 Å². The van der Waals surface area contributed by atoms with Gasteiger partial charge in [-0.25, -0.2) is 9.97 Å². The molecule has 0 bridgehead atoms. The normalized spacial score (nSPS) is 17.8. The third-order valence-corrected chi connectivity index (χ3v) is 2.84. The summed E-state index contributed by atoms with van der Waals surface area (Å²) < 4.78 is 0. The molecule has 1 heterocycles. The van der Waals surface area contributed by atoms with Gasteiger partial charge in [-0.3, -0.25) is 9.59 Å². The number of ketones is 1. The number of aromatic nitrogens is 2. The van der Waals surface area contributed by atoms with Gasteiger partial charge in [0.1, 0.15) is 0 Å². The third-order valence-electron chi connectivity index (χ3n) is 2.84. The first-order chi connectivity index (χ1) is 8.66. The number of aliphatic carboxylic acids is 1. The largest absolute Gasteiger partial charge is 0.480 e. The van der Waals surface area contributed by atoms with Crippen LogP contribution in [-0.2, 0) is 9.59 Å². The molecule has 0 amide bonds. The predicted octanol–water partition coefficient (Wildman–Crippen LogP) is 1.39. The van der Waals surface area contributed by atoms with Crippen molar-refractivity contribution in [3.8, 4) is 0 Å². The molecule has 1 atom stereocenters. The van der Waals surface area contributed by atoms with Crippen molar-refractivity contribution < 1.29 is 14.7 Å². The number of nitrogens with zero attached hydrogens (tertiary/aromatic N) is 2. The zero-order valence-corrected chi connectivity index (χ0v) is 9.20. The summed E-state index contributed by atoms with van der Waals surface area (Å²) in [5.41, 5.74) is 1.93. The Balaban J connectivity index is 2.30. The molecular formula is C13H8N2O3. The minimum absolute atomic E-state index is 0.216.